The van der Waals surface area contributed by atoms with Crippen LogP contribution in [0.2, 0.25) is 0 Å². The first-order valence-corrected chi connectivity index (χ1v) is 17.0. The predicted molar refractivity (Wildman–Crippen MR) is 170 cm³/mol. The van der Waals surface area contributed by atoms with E-state index in [0.717, 1.165) is 18.4 Å². The summed E-state index contributed by atoms with van der Waals surface area (Å²) < 4.78 is 25.2. The number of ketones is 1. The normalized spacial score (nSPS) is 16.1. The number of hydrogen-bond donors (Lipinski definition) is 0. The van der Waals surface area contributed by atoms with Crippen LogP contribution in [0.25, 0.3) is 0 Å². The largest absolute Gasteiger partial charge is 0.381 e. The van der Waals surface area contributed by atoms with Crippen LogP contribution in [0.1, 0.15) is 88.2 Å². The Labute approximate surface area is 259 Å². The van der Waals surface area contributed by atoms with Gasteiger partial charge in [0.05, 0.1) is 16.5 Å². The highest BCUT2D eigenvalue weighted by atomic mass is 35.5. The maximum atomic E-state index is 14.0. The van der Waals surface area contributed by atoms with Gasteiger partial charge in [-0.25, -0.2) is 4.21 Å². The summed E-state index contributed by atoms with van der Waals surface area (Å²) in [4.78, 5) is 30.4. The number of rotatable bonds is 15. The molecule has 2 aromatic rings. The Kier molecular flexibility index (Phi) is 13.9. The molecule has 0 bridgehead atoms. The summed E-state index contributed by atoms with van der Waals surface area (Å²) >= 11 is 6.11. The van der Waals surface area contributed by atoms with E-state index in [1.54, 1.807) is 35.0 Å². The minimum absolute atomic E-state index is 0.0640. The fourth-order valence-corrected chi connectivity index (χ4v) is 5.98. The second-order valence-electron chi connectivity index (χ2n) is 12.1. The molecular weight excluding hydrogens is 570 g/mol. The van der Waals surface area contributed by atoms with Gasteiger partial charge in [0.15, 0.2) is 16.8 Å². The first-order chi connectivity index (χ1) is 20.1. The SMILES string of the molecule is Cc1ccc(S(=O)/N=c2\ccc(C(=O)N(CCC(C)C)CCC(C)C)cn2C(CCCCl)C(=O)C2CCOCC2)cc1. The van der Waals surface area contributed by atoms with E-state index in [0.29, 0.717) is 85.6 Å². The number of Topliss-reactive ketones (excluding diaryl/α,β-unsaturated/α-hetero) is 1. The summed E-state index contributed by atoms with van der Waals surface area (Å²) in [6.07, 6.45) is 6.03. The Balaban J connectivity index is 2.10. The van der Waals surface area contributed by atoms with Crippen molar-refractivity contribution in [1.82, 2.24) is 9.47 Å². The van der Waals surface area contributed by atoms with Crippen LogP contribution in [-0.4, -0.2) is 57.5 Å². The van der Waals surface area contributed by atoms with Crippen molar-refractivity contribution >= 4 is 34.3 Å². The summed E-state index contributed by atoms with van der Waals surface area (Å²) in [6.45, 7) is 13.1. The molecule has 1 aromatic heterocycles. The number of nitrogens with zero attached hydrogens (tertiary/aromatic N) is 3. The number of ether oxygens (including phenoxy) is 1. The highest BCUT2D eigenvalue weighted by molar-refractivity contribution is 7.83. The number of pyridine rings is 1. The molecule has 1 aromatic carbocycles. The summed E-state index contributed by atoms with van der Waals surface area (Å²) in [7, 11) is -1.68. The smallest absolute Gasteiger partial charge is 0.255 e. The Morgan fingerprint density at radius 3 is 2.19 bits per heavy atom. The number of amides is 1. The van der Waals surface area contributed by atoms with Gasteiger partial charge < -0.3 is 14.2 Å². The molecule has 1 fully saturated rings. The van der Waals surface area contributed by atoms with Crippen molar-refractivity contribution < 1.29 is 18.5 Å². The maximum Gasteiger partial charge on any atom is 0.255 e. The second-order valence-corrected chi connectivity index (χ2v) is 13.7. The highest BCUT2D eigenvalue weighted by Crippen LogP contribution is 2.26. The minimum atomic E-state index is -1.68. The zero-order chi connectivity index (χ0) is 30.6. The number of alkyl halides is 1. The van der Waals surface area contributed by atoms with E-state index in [9.17, 15) is 13.8 Å². The van der Waals surface area contributed by atoms with Gasteiger partial charge in [0.1, 0.15) is 5.49 Å². The summed E-state index contributed by atoms with van der Waals surface area (Å²) in [5.41, 5.74) is 1.97. The zero-order valence-electron chi connectivity index (χ0n) is 25.9. The van der Waals surface area contributed by atoms with E-state index in [-0.39, 0.29) is 17.6 Å². The topological polar surface area (TPSA) is 81.0 Å². The molecule has 7 nitrogen and oxygen atoms in total. The van der Waals surface area contributed by atoms with Gasteiger partial charge in [0, 0.05) is 44.3 Å². The molecule has 0 aliphatic carbocycles. The number of hydrogen-bond acceptors (Lipinski definition) is 4. The van der Waals surface area contributed by atoms with Crippen LogP contribution in [-0.2, 0) is 20.5 Å². The molecule has 42 heavy (non-hydrogen) atoms. The molecule has 1 amide bonds. The molecule has 232 valence electrons. The average molecular weight is 618 g/mol. The fourth-order valence-electron chi connectivity index (χ4n) is 5.02. The van der Waals surface area contributed by atoms with Crippen molar-refractivity contribution in [2.24, 2.45) is 22.2 Å². The molecule has 2 unspecified atom stereocenters. The van der Waals surface area contributed by atoms with Gasteiger partial charge in [-0.2, -0.15) is 4.40 Å². The van der Waals surface area contributed by atoms with Crippen molar-refractivity contribution in [1.29, 1.82) is 0 Å². The monoisotopic (exact) mass is 617 g/mol. The van der Waals surface area contributed by atoms with Crippen LogP contribution in [0.5, 0.6) is 0 Å². The molecule has 1 saturated heterocycles. The third-order valence-corrected chi connectivity index (χ3v) is 9.04. The number of carbonyl (C=O) groups excluding carboxylic acids is 2. The van der Waals surface area contributed by atoms with Gasteiger partial charge in [0.2, 0.25) is 0 Å². The molecule has 0 N–H and O–H groups in total. The molecule has 0 saturated carbocycles. The van der Waals surface area contributed by atoms with E-state index in [4.69, 9.17) is 16.3 Å². The lowest BCUT2D eigenvalue weighted by molar-refractivity contribution is -0.129. The lowest BCUT2D eigenvalue weighted by atomic mass is 9.89. The molecule has 2 atom stereocenters. The van der Waals surface area contributed by atoms with Crippen LogP contribution < -0.4 is 5.49 Å². The molecule has 0 radical (unpaired) electrons. The summed E-state index contributed by atoms with van der Waals surface area (Å²) in [6, 6.07) is 10.3. The fraction of sp³-hybridized carbons (Fsp3) is 0.606. The Bertz CT molecular complexity index is 1240. The quantitative estimate of drug-likeness (QED) is 0.213. The van der Waals surface area contributed by atoms with Crippen LogP contribution >= 0.6 is 11.6 Å². The molecule has 1 aliphatic rings. The third-order valence-electron chi connectivity index (χ3n) is 7.74. The number of carbonyl (C=O) groups is 2. The number of aryl methyl sites for hydroxylation is 1. The van der Waals surface area contributed by atoms with Gasteiger partial charge in [0.25, 0.3) is 5.91 Å². The van der Waals surface area contributed by atoms with Crippen molar-refractivity contribution in [3.63, 3.8) is 0 Å². The molecular formula is C33H48ClN3O4S. The van der Waals surface area contributed by atoms with Gasteiger partial charge >= 0.3 is 0 Å². The Morgan fingerprint density at radius 2 is 1.62 bits per heavy atom. The number of halogens is 1. The first-order valence-electron chi connectivity index (χ1n) is 15.3. The predicted octanol–water partition coefficient (Wildman–Crippen LogP) is 6.51. The molecule has 9 heteroatoms. The van der Waals surface area contributed by atoms with E-state index in [1.807, 2.05) is 24.0 Å². The zero-order valence-corrected chi connectivity index (χ0v) is 27.5. The van der Waals surface area contributed by atoms with Crippen LogP contribution in [0, 0.1) is 24.7 Å². The first kappa shape index (κ1) is 34.2. The standard InChI is InChI=1S/C33H48ClN3O4S/c1-24(2)14-19-36(20-15-25(3)4)33(39)28-10-13-31(35-42(40)29-11-8-26(5)9-12-29)37(23-28)30(7-6-18-34)32(38)27-16-21-41-22-17-27/h8-13,23-25,27,30H,6-7,14-22H2,1-5H3/b35-31+. The maximum absolute atomic E-state index is 14.0. The van der Waals surface area contributed by atoms with Crippen molar-refractivity contribution in [2.45, 2.75) is 84.1 Å². The molecule has 0 spiro atoms. The van der Waals surface area contributed by atoms with Gasteiger partial charge in [-0.05, 0) is 81.5 Å². The van der Waals surface area contributed by atoms with Gasteiger partial charge in [-0.1, -0.05) is 45.4 Å². The van der Waals surface area contributed by atoms with E-state index >= 15 is 0 Å². The van der Waals surface area contributed by atoms with E-state index in [2.05, 4.69) is 32.1 Å². The highest BCUT2D eigenvalue weighted by Gasteiger charge is 2.30. The van der Waals surface area contributed by atoms with Crippen LogP contribution in [0.4, 0.5) is 0 Å². The van der Waals surface area contributed by atoms with Crippen molar-refractivity contribution in [2.75, 3.05) is 32.2 Å². The molecule has 2 heterocycles. The van der Waals surface area contributed by atoms with Gasteiger partial charge in [-0.15, -0.1) is 11.6 Å². The second kappa shape index (κ2) is 17.1. The lowest BCUT2D eigenvalue weighted by Crippen LogP contribution is -2.38. The third kappa shape index (κ3) is 10.2. The van der Waals surface area contributed by atoms with E-state index in [1.165, 1.54) is 0 Å². The average Bonchev–Trinajstić information content (AvgIpc) is 2.98. The van der Waals surface area contributed by atoms with Gasteiger partial charge in [-0.3, -0.25) is 9.59 Å². The van der Waals surface area contributed by atoms with Crippen LogP contribution in [0.15, 0.2) is 51.9 Å². The molecule has 1 aliphatic heterocycles. The van der Waals surface area contributed by atoms with Crippen molar-refractivity contribution in [3.05, 3.63) is 59.2 Å². The Hall–Kier alpha value is -2.29. The van der Waals surface area contributed by atoms with E-state index < -0.39 is 17.0 Å². The van der Waals surface area contributed by atoms with Crippen LogP contribution in [0.3, 0.4) is 0 Å². The number of aromatic nitrogens is 1. The Morgan fingerprint density at radius 1 is 1.00 bits per heavy atom. The summed E-state index contributed by atoms with van der Waals surface area (Å²) in [5, 5.41) is 0. The lowest BCUT2D eigenvalue weighted by Gasteiger charge is -2.28. The summed E-state index contributed by atoms with van der Waals surface area (Å²) in [5.74, 6) is 1.24. The molecule has 3 rings (SSSR count). The number of benzene rings is 1. The van der Waals surface area contributed by atoms with Crippen molar-refractivity contribution in [3.8, 4) is 0 Å². The minimum Gasteiger partial charge on any atom is -0.381 e.